The Labute approximate surface area is 166 Å². The zero-order chi connectivity index (χ0) is 20.1. The van der Waals surface area contributed by atoms with Crippen molar-refractivity contribution in [3.05, 3.63) is 78.0 Å². The van der Waals surface area contributed by atoms with Crippen LogP contribution in [0.15, 0.2) is 65.6 Å². The Morgan fingerprint density at radius 1 is 0.929 bits per heavy atom. The molecule has 0 atom stereocenters. The average molecular weight is 373 g/mol. The normalized spacial score (nSPS) is 11.9. The van der Waals surface area contributed by atoms with E-state index in [1.165, 1.54) is 39.0 Å². The van der Waals surface area contributed by atoms with Crippen LogP contribution in [0.4, 0.5) is 0 Å². The fourth-order valence-corrected chi connectivity index (χ4v) is 3.84. The largest absolute Gasteiger partial charge is 0.412 e. The molecule has 0 aliphatic heterocycles. The van der Waals surface area contributed by atoms with E-state index in [2.05, 4.69) is 87.7 Å². The van der Waals surface area contributed by atoms with Crippen LogP contribution in [-0.4, -0.2) is 0 Å². The van der Waals surface area contributed by atoms with Crippen molar-refractivity contribution >= 4 is 10.9 Å². The van der Waals surface area contributed by atoms with Gasteiger partial charge in [-0.2, -0.15) is 9.13 Å². The van der Waals surface area contributed by atoms with Gasteiger partial charge in [-0.05, 0) is 36.1 Å². The molecule has 0 saturated heterocycles. The number of para-hydroxylation sites is 1. The third-order valence-electron chi connectivity index (χ3n) is 5.58. The Bertz CT molecular complexity index is 1180. The summed E-state index contributed by atoms with van der Waals surface area (Å²) in [6.45, 7) is 11.2. The van der Waals surface area contributed by atoms with Gasteiger partial charge in [0.1, 0.15) is 7.05 Å². The van der Waals surface area contributed by atoms with Gasteiger partial charge in [0.25, 0.3) is 5.69 Å². The predicted molar refractivity (Wildman–Crippen MR) is 113 cm³/mol. The Morgan fingerprint density at radius 2 is 1.68 bits per heavy atom. The second kappa shape index (κ2) is 6.59. The Hall–Kier alpha value is -2.94. The quantitative estimate of drug-likeness (QED) is 0.448. The monoisotopic (exact) mass is 372 g/mol. The summed E-state index contributed by atoms with van der Waals surface area (Å²) in [6.07, 6.45) is 3.58. The summed E-state index contributed by atoms with van der Waals surface area (Å²) < 4.78 is 9.90. The molecule has 0 saturated carbocycles. The van der Waals surface area contributed by atoms with Crippen molar-refractivity contribution in [1.29, 1.82) is 0 Å². The first-order valence-electron chi connectivity index (χ1n) is 9.75. The van der Waals surface area contributed by atoms with Gasteiger partial charge < -0.3 is 4.42 Å². The first-order valence-corrected chi connectivity index (χ1v) is 9.75. The molecule has 142 valence electrons. The summed E-state index contributed by atoms with van der Waals surface area (Å²) >= 11 is 0. The molecule has 0 bridgehead atoms. The van der Waals surface area contributed by atoms with Crippen molar-refractivity contribution in [2.24, 2.45) is 7.05 Å². The SMILES string of the molecule is Cc1c(-c2coc[n+]2C)cc(C(C)(C)C)cc1-[n+]1c(C)ccc2ccccc21. The van der Waals surface area contributed by atoms with E-state index in [1.54, 1.807) is 6.39 Å². The van der Waals surface area contributed by atoms with Crippen LogP contribution in [0, 0.1) is 13.8 Å². The standard InChI is InChI=1S/C25H28N2O/c1-17-11-12-19-9-7-8-10-22(19)27(17)23-14-20(25(3,4)5)13-21(18(23)2)24-15-28-16-26(24)6/h7-16H,1-6H3/q+2. The van der Waals surface area contributed by atoms with Crippen LogP contribution >= 0.6 is 0 Å². The number of oxazole rings is 1. The Morgan fingerprint density at radius 3 is 2.36 bits per heavy atom. The minimum absolute atomic E-state index is 0.0402. The van der Waals surface area contributed by atoms with E-state index >= 15 is 0 Å². The van der Waals surface area contributed by atoms with Gasteiger partial charge in [0.15, 0.2) is 12.0 Å². The molecule has 28 heavy (non-hydrogen) atoms. The van der Waals surface area contributed by atoms with Crippen molar-refractivity contribution in [1.82, 2.24) is 0 Å². The lowest BCUT2D eigenvalue weighted by Crippen LogP contribution is -2.37. The van der Waals surface area contributed by atoms with Crippen LogP contribution in [0.3, 0.4) is 0 Å². The maximum absolute atomic E-state index is 5.48. The number of pyridine rings is 1. The highest BCUT2D eigenvalue weighted by Gasteiger charge is 2.27. The second-order valence-corrected chi connectivity index (χ2v) is 8.64. The van der Waals surface area contributed by atoms with E-state index in [4.69, 9.17) is 4.42 Å². The zero-order valence-electron chi connectivity index (χ0n) is 17.6. The lowest BCUT2D eigenvalue weighted by Gasteiger charge is -2.21. The van der Waals surface area contributed by atoms with E-state index in [0.717, 1.165) is 5.69 Å². The molecule has 2 aromatic carbocycles. The van der Waals surface area contributed by atoms with Crippen LogP contribution < -0.4 is 9.13 Å². The second-order valence-electron chi connectivity index (χ2n) is 8.64. The van der Waals surface area contributed by atoms with Crippen LogP contribution in [-0.2, 0) is 12.5 Å². The molecule has 4 rings (SSSR count). The fourth-order valence-electron chi connectivity index (χ4n) is 3.84. The number of aromatic nitrogens is 2. The smallest absolute Gasteiger partial charge is 0.334 e. The predicted octanol–water partition coefficient (Wildman–Crippen LogP) is 5.12. The minimum Gasteiger partial charge on any atom is -0.412 e. The van der Waals surface area contributed by atoms with E-state index < -0.39 is 0 Å². The van der Waals surface area contributed by atoms with Crippen LogP contribution in [0.25, 0.3) is 27.8 Å². The van der Waals surface area contributed by atoms with Crippen molar-refractivity contribution in [3.8, 4) is 16.9 Å². The molecular formula is C25H28N2O+2. The van der Waals surface area contributed by atoms with Crippen LogP contribution in [0.5, 0.6) is 0 Å². The molecule has 2 aromatic heterocycles. The van der Waals surface area contributed by atoms with Gasteiger partial charge in [0.05, 0.1) is 5.56 Å². The highest BCUT2D eigenvalue weighted by molar-refractivity contribution is 5.76. The molecule has 0 aliphatic carbocycles. The van der Waals surface area contributed by atoms with E-state index in [9.17, 15) is 0 Å². The van der Waals surface area contributed by atoms with E-state index in [0.29, 0.717) is 0 Å². The van der Waals surface area contributed by atoms with E-state index in [1.807, 2.05) is 17.9 Å². The fraction of sp³-hybridized carbons (Fsp3) is 0.280. The third kappa shape index (κ3) is 3.01. The molecule has 4 aromatic rings. The first-order chi connectivity index (χ1) is 13.3. The molecule has 0 spiro atoms. The van der Waals surface area contributed by atoms with Crippen molar-refractivity contribution in [3.63, 3.8) is 0 Å². The molecule has 0 radical (unpaired) electrons. The number of hydrogen-bond acceptors (Lipinski definition) is 1. The number of hydrogen-bond donors (Lipinski definition) is 0. The third-order valence-corrected chi connectivity index (χ3v) is 5.58. The molecule has 3 nitrogen and oxygen atoms in total. The number of nitrogens with zero attached hydrogens (tertiary/aromatic N) is 2. The number of rotatable bonds is 2. The van der Waals surface area contributed by atoms with Crippen molar-refractivity contribution in [2.75, 3.05) is 0 Å². The topological polar surface area (TPSA) is 20.9 Å². The lowest BCUT2D eigenvalue weighted by atomic mass is 9.84. The van der Waals surface area contributed by atoms with E-state index in [-0.39, 0.29) is 5.41 Å². The molecular weight excluding hydrogens is 344 g/mol. The molecule has 0 amide bonds. The minimum atomic E-state index is 0.0402. The Balaban J connectivity index is 2.11. The van der Waals surface area contributed by atoms with Crippen molar-refractivity contribution < 1.29 is 13.6 Å². The summed E-state index contributed by atoms with van der Waals surface area (Å²) in [5.74, 6) is 0. The van der Waals surface area contributed by atoms with Crippen LogP contribution in [0.1, 0.15) is 37.6 Å². The molecule has 0 unspecified atom stereocenters. The van der Waals surface area contributed by atoms with Gasteiger partial charge in [0.2, 0.25) is 11.2 Å². The van der Waals surface area contributed by atoms with Gasteiger partial charge in [-0.15, -0.1) is 0 Å². The maximum atomic E-state index is 5.48. The Kier molecular flexibility index (Phi) is 4.34. The first kappa shape index (κ1) is 18.4. The van der Waals surface area contributed by atoms with Gasteiger partial charge in [-0.1, -0.05) is 32.9 Å². The van der Waals surface area contributed by atoms with Gasteiger partial charge in [0, 0.05) is 36.1 Å². The highest BCUT2D eigenvalue weighted by atomic mass is 16.3. The zero-order valence-corrected chi connectivity index (χ0v) is 17.6. The molecule has 2 heterocycles. The van der Waals surface area contributed by atoms with Gasteiger partial charge in [-0.25, -0.2) is 0 Å². The summed E-state index contributed by atoms with van der Waals surface area (Å²) in [5.41, 5.74) is 8.55. The summed E-state index contributed by atoms with van der Waals surface area (Å²) in [7, 11) is 2.03. The summed E-state index contributed by atoms with van der Waals surface area (Å²) in [5, 5.41) is 1.24. The van der Waals surface area contributed by atoms with Gasteiger partial charge >= 0.3 is 6.39 Å². The molecule has 0 fully saturated rings. The molecule has 0 aliphatic rings. The molecule has 3 heteroatoms. The van der Waals surface area contributed by atoms with Gasteiger partial charge in [-0.3, -0.25) is 0 Å². The summed E-state index contributed by atoms with van der Waals surface area (Å²) in [4.78, 5) is 0. The lowest BCUT2D eigenvalue weighted by molar-refractivity contribution is -0.664. The average Bonchev–Trinajstić information content (AvgIpc) is 3.07. The van der Waals surface area contributed by atoms with Crippen LogP contribution in [0.2, 0.25) is 0 Å². The number of aryl methyl sites for hydroxylation is 2. The highest BCUT2D eigenvalue weighted by Crippen LogP contribution is 2.32. The summed E-state index contributed by atoms with van der Waals surface area (Å²) in [6, 6.07) is 17.6. The number of fused-ring (bicyclic) bond motifs is 1. The maximum Gasteiger partial charge on any atom is 0.334 e. The number of benzene rings is 2. The van der Waals surface area contributed by atoms with Crippen molar-refractivity contribution in [2.45, 2.75) is 40.0 Å². The molecule has 0 N–H and O–H groups in total.